The van der Waals surface area contributed by atoms with Crippen LogP contribution < -0.4 is 10.1 Å². The molecule has 0 fully saturated rings. The molecule has 0 unspecified atom stereocenters. The monoisotopic (exact) mass is 396 g/mol. The lowest BCUT2D eigenvalue weighted by Crippen LogP contribution is -2.28. The molecule has 7 nitrogen and oxygen atoms in total. The smallest absolute Gasteiger partial charge is 0.388 e. The Kier molecular flexibility index (Phi) is 5.09. The number of aryl methyl sites for hydroxylation is 1. The number of halogens is 1. The van der Waals surface area contributed by atoms with Crippen molar-refractivity contribution in [3.05, 3.63) is 40.7 Å². The summed E-state index contributed by atoms with van der Waals surface area (Å²) >= 11 is 4.89. The van der Waals surface area contributed by atoms with Crippen molar-refractivity contribution in [3.8, 4) is 16.5 Å². The Hall–Kier alpha value is -2.13. The first kappa shape index (κ1) is 15.8. The van der Waals surface area contributed by atoms with Gasteiger partial charge in [-0.25, -0.2) is 9.78 Å². The van der Waals surface area contributed by atoms with Crippen molar-refractivity contribution >= 4 is 33.4 Å². The van der Waals surface area contributed by atoms with Gasteiger partial charge >= 0.3 is 6.09 Å². The highest BCUT2D eigenvalue weighted by Crippen LogP contribution is 2.32. The largest absolute Gasteiger partial charge is 0.414 e. The van der Waals surface area contributed by atoms with Gasteiger partial charge in [-0.15, -0.1) is 11.3 Å². The molecule has 0 spiro atoms. The number of hydrogen-bond acceptors (Lipinski definition) is 6. The standard InChI is InChI=1S/C14H13BrN4O3S/c15-12-3-2-11(23-12)10-8-13(18-22-10)21-14(20)17-4-1-6-19-7-5-16-9-19/h2-3,5,7-9H,1,4,6H2,(H,17,20). The molecule has 120 valence electrons. The molecule has 0 saturated carbocycles. The van der Waals surface area contributed by atoms with Crippen molar-refractivity contribution < 1.29 is 14.1 Å². The maximum atomic E-state index is 11.7. The van der Waals surface area contributed by atoms with E-state index in [4.69, 9.17) is 9.26 Å². The summed E-state index contributed by atoms with van der Waals surface area (Å²) in [5, 5.41) is 6.40. The molecule has 0 aliphatic rings. The van der Waals surface area contributed by atoms with E-state index < -0.39 is 6.09 Å². The summed E-state index contributed by atoms with van der Waals surface area (Å²) in [6, 6.07) is 5.40. The minimum atomic E-state index is -0.553. The van der Waals surface area contributed by atoms with Crippen LogP contribution in [0.15, 0.2) is 45.2 Å². The molecule has 0 atom stereocenters. The van der Waals surface area contributed by atoms with Crippen molar-refractivity contribution in [3.63, 3.8) is 0 Å². The van der Waals surface area contributed by atoms with Gasteiger partial charge in [0.05, 0.1) is 21.1 Å². The second kappa shape index (κ2) is 7.42. The molecule has 0 radical (unpaired) electrons. The van der Waals surface area contributed by atoms with Gasteiger partial charge in [0.15, 0.2) is 5.76 Å². The summed E-state index contributed by atoms with van der Waals surface area (Å²) < 4.78 is 13.2. The molecule has 0 bridgehead atoms. The molecule has 3 aromatic rings. The van der Waals surface area contributed by atoms with Gasteiger partial charge in [-0.05, 0) is 39.6 Å². The predicted octanol–water partition coefficient (Wildman–Crippen LogP) is 3.54. The number of thiophene rings is 1. The quantitative estimate of drug-likeness (QED) is 0.644. The molecular formula is C14H13BrN4O3S. The molecule has 1 amide bonds. The second-order valence-corrected chi connectivity index (χ2v) is 7.07. The van der Waals surface area contributed by atoms with E-state index in [-0.39, 0.29) is 5.88 Å². The van der Waals surface area contributed by atoms with E-state index in [0.717, 1.165) is 21.6 Å². The van der Waals surface area contributed by atoms with E-state index in [1.807, 2.05) is 22.9 Å². The van der Waals surface area contributed by atoms with Crippen LogP contribution in [0.2, 0.25) is 0 Å². The van der Waals surface area contributed by atoms with Gasteiger partial charge in [0.25, 0.3) is 5.88 Å². The van der Waals surface area contributed by atoms with E-state index in [2.05, 4.69) is 31.4 Å². The Morgan fingerprint density at radius 1 is 1.48 bits per heavy atom. The average Bonchev–Trinajstić information content (AvgIpc) is 3.25. The Bertz CT molecular complexity index is 769. The molecular weight excluding hydrogens is 384 g/mol. The van der Waals surface area contributed by atoms with Crippen molar-refractivity contribution in [2.45, 2.75) is 13.0 Å². The first-order valence-electron chi connectivity index (χ1n) is 6.84. The van der Waals surface area contributed by atoms with Crippen LogP contribution >= 0.6 is 27.3 Å². The highest BCUT2D eigenvalue weighted by atomic mass is 79.9. The highest BCUT2D eigenvalue weighted by molar-refractivity contribution is 9.11. The summed E-state index contributed by atoms with van der Waals surface area (Å²) in [5.41, 5.74) is 0. The van der Waals surface area contributed by atoms with Crippen LogP contribution in [0.4, 0.5) is 4.79 Å². The lowest BCUT2D eigenvalue weighted by molar-refractivity contribution is 0.195. The molecule has 3 rings (SSSR count). The number of nitrogens with one attached hydrogen (secondary N) is 1. The van der Waals surface area contributed by atoms with Gasteiger partial charge in [-0.1, -0.05) is 0 Å². The van der Waals surface area contributed by atoms with Gasteiger partial charge in [-0.2, -0.15) is 0 Å². The number of ether oxygens (including phenoxy) is 1. The normalized spacial score (nSPS) is 10.7. The van der Waals surface area contributed by atoms with E-state index >= 15 is 0 Å². The Balaban J connectivity index is 1.44. The third-order valence-electron chi connectivity index (χ3n) is 2.92. The molecule has 1 N–H and O–H groups in total. The summed E-state index contributed by atoms with van der Waals surface area (Å²) in [6.07, 6.45) is 5.55. The number of hydrogen-bond donors (Lipinski definition) is 1. The number of carbonyl (C=O) groups excluding carboxylic acids is 1. The predicted molar refractivity (Wildman–Crippen MR) is 88.4 cm³/mol. The number of imidazole rings is 1. The highest BCUT2D eigenvalue weighted by Gasteiger charge is 2.12. The molecule has 9 heteroatoms. The summed E-state index contributed by atoms with van der Waals surface area (Å²) in [5.74, 6) is 0.695. The Morgan fingerprint density at radius 2 is 2.39 bits per heavy atom. The minimum Gasteiger partial charge on any atom is -0.388 e. The fourth-order valence-electron chi connectivity index (χ4n) is 1.87. The zero-order chi connectivity index (χ0) is 16.1. The van der Waals surface area contributed by atoms with Crippen LogP contribution in [0.1, 0.15) is 6.42 Å². The number of carbonyl (C=O) groups is 1. The number of amides is 1. The molecule has 0 aliphatic heterocycles. The van der Waals surface area contributed by atoms with Crippen LogP contribution in [-0.2, 0) is 6.54 Å². The van der Waals surface area contributed by atoms with Crippen LogP contribution in [0, 0.1) is 0 Å². The van der Waals surface area contributed by atoms with Crippen LogP contribution in [0.25, 0.3) is 10.6 Å². The SMILES string of the molecule is O=C(NCCCn1ccnc1)Oc1cc(-c2ccc(Br)s2)on1. The fourth-order valence-corrected chi connectivity index (χ4v) is 3.21. The fraction of sp³-hybridized carbons (Fsp3) is 0.214. The van der Waals surface area contributed by atoms with Crippen molar-refractivity contribution in [1.29, 1.82) is 0 Å². The van der Waals surface area contributed by atoms with E-state index in [1.54, 1.807) is 18.6 Å². The van der Waals surface area contributed by atoms with Gasteiger partial charge in [0, 0.05) is 25.5 Å². The Labute approximate surface area is 144 Å². The van der Waals surface area contributed by atoms with Crippen molar-refractivity contribution in [2.75, 3.05) is 6.54 Å². The van der Waals surface area contributed by atoms with Crippen molar-refractivity contribution in [1.82, 2.24) is 20.0 Å². The number of rotatable bonds is 6. The number of nitrogens with zero attached hydrogens (tertiary/aromatic N) is 3. The molecule has 3 heterocycles. The third kappa shape index (κ3) is 4.42. The summed E-state index contributed by atoms with van der Waals surface area (Å²) in [6.45, 7) is 1.28. The minimum absolute atomic E-state index is 0.136. The summed E-state index contributed by atoms with van der Waals surface area (Å²) in [4.78, 5) is 16.5. The maximum Gasteiger partial charge on any atom is 0.414 e. The number of aromatic nitrogens is 3. The molecule has 23 heavy (non-hydrogen) atoms. The zero-order valence-electron chi connectivity index (χ0n) is 11.9. The van der Waals surface area contributed by atoms with Crippen molar-refractivity contribution in [2.24, 2.45) is 0 Å². The third-order valence-corrected chi connectivity index (χ3v) is 4.56. The summed E-state index contributed by atoms with van der Waals surface area (Å²) in [7, 11) is 0. The molecule has 0 saturated heterocycles. The lowest BCUT2D eigenvalue weighted by atomic mass is 10.4. The molecule has 3 aromatic heterocycles. The Morgan fingerprint density at radius 3 is 3.13 bits per heavy atom. The average molecular weight is 397 g/mol. The van der Waals surface area contributed by atoms with Gasteiger partial charge < -0.3 is 19.1 Å². The lowest BCUT2D eigenvalue weighted by Gasteiger charge is -2.04. The second-order valence-electron chi connectivity index (χ2n) is 4.60. The van der Waals surface area contributed by atoms with Gasteiger partial charge in [-0.3, -0.25) is 0 Å². The zero-order valence-corrected chi connectivity index (χ0v) is 14.3. The van der Waals surface area contributed by atoms with Gasteiger partial charge in [0.2, 0.25) is 0 Å². The topological polar surface area (TPSA) is 82.2 Å². The molecule has 0 aliphatic carbocycles. The van der Waals surface area contributed by atoms with Gasteiger partial charge in [0.1, 0.15) is 0 Å². The molecule has 0 aromatic carbocycles. The van der Waals surface area contributed by atoms with E-state index in [1.165, 1.54) is 11.3 Å². The first-order chi connectivity index (χ1) is 11.2. The maximum absolute atomic E-state index is 11.7. The van der Waals surface area contributed by atoms with E-state index in [0.29, 0.717) is 12.3 Å². The first-order valence-corrected chi connectivity index (χ1v) is 8.45. The van der Waals surface area contributed by atoms with Crippen LogP contribution in [0.5, 0.6) is 5.88 Å². The van der Waals surface area contributed by atoms with E-state index in [9.17, 15) is 4.79 Å². The van der Waals surface area contributed by atoms with Crippen LogP contribution in [-0.4, -0.2) is 27.3 Å². The van der Waals surface area contributed by atoms with Crippen LogP contribution in [0.3, 0.4) is 0 Å².